The van der Waals surface area contributed by atoms with Gasteiger partial charge in [0, 0.05) is 18.8 Å². The summed E-state index contributed by atoms with van der Waals surface area (Å²) in [5.41, 5.74) is 0.309. The van der Waals surface area contributed by atoms with Gasteiger partial charge in [0.15, 0.2) is 0 Å². The summed E-state index contributed by atoms with van der Waals surface area (Å²) in [5.74, 6) is 0.149. The highest BCUT2D eigenvalue weighted by Gasteiger charge is 2.18. The predicted octanol–water partition coefficient (Wildman–Crippen LogP) is 2.69. The second-order valence-corrected chi connectivity index (χ2v) is 6.51. The average Bonchev–Trinajstić information content (AvgIpc) is 2.51. The fraction of sp³-hybridized carbons (Fsp3) is 0.562. The van der Waals surface area contributed by atoms with E-state index in [1.165, 1.54) is 12.1 Å². The summed E-state index contributed by atoms with van der Waals surface area (Å²) in [6.45, 7) is 4.89. The highest BCUT2D eigenvalue weighted by Crippen LogP contribution is 2.18. The molecule has 1 aromatic rings. The lowest BCUT2D eigenvalue weighted by Gasteiger charge is -2.31. The maximum Gasteiger partial charge on any atom is 0.319 e. The quantitative estimate of drug-likeness (QED) is 0.770. The molecule has 0 spiro atoms. The number of benzene rings is 1. The SMILES string of the molecule is CC1CCN(CC(O)CNC(=O)Nc2ccc(Cl)c(F)c2)CC1. The Morgan fingerprint density at radius 3 is 2.83 bits per heavy atom. The van der Waals surface area contributed by atoms with Gasteiger partial charge in [-0.2, -0.15) is 0 Å². The van der Waals surface area contributed by atoms with Crippen molar-refractivity contribution in [2.24, 2.45) is 5.92 Å². The normalized spacial score (nSPS) is 17.7. The first-order valence-corrected chi connectivity index (χ1v) is 8.22. The van der Waals surface area contributed by atoms with Crippen molar-refractivity contribution in [1.82, 2.24) is 10.2 Å². The summed E-state index contributed by atoms with van der Waals surface area (Å²) in [6, 6.07) is 3.54. The fourth-order valence-electron chi connectivity index (χ4n) is 2.57. The Balaban J connectivity index is 1.70. The summed E-state index contributed by atoms with van der Waals surface area (Å²) in [7, 11) is 0. The summed E-state index contributed by atoms with van der Waals surface area (Å²) >= 11 is 5.58. The minimum absolute atomic E-state index is 0.00207. The van der Waals surface area contributed by atoms with Crippen molar-refractivity contribution in [3.63, 3.8) is 0 Å². The monoisotopic (exact) mass is 343 g/mol. The van der Waals surface area contributed by atoms with Crippen LogP contribution in [-0.2, 0) is 0 Å². The maximum absolute atomic E-state index is 13.3. The third kappa shape index (κ3) is 5.97. The van der Waals surface area contributed by atoms with Crippen LogP contribution in [0.3, 0.4) is 0 Å². The van der Waals surface area contributed by atoms with Crippen LogP contribution in [0.2, 0.25) is 5.02 Å². The van der Waals surface area contributed by atoms with E-state index in [0.29, 0.717) is 12.2 Å². The number of piperidine rings is 1. The zero-order valence-corrected chi connectivity index (χ0v) is 13.9. The molecule has 128 valence electrons. The first-order chi connectivity index (χ1) is 10.9. The van der Waals surface area contributed by atoms with Gasteiger partial charge in [-0.25, -0.2) is 9.18 Å². The van der Waals surface area contributed by atoms with Crippen LogP contribution >= 0.6 is 11.6 Å². The van der Waals surface area contributed by atoms with E-state index < -0.39 is 18.0 Å². The number of aliphatic hydroxyl groups excluding tert-OH is 1. The molecule has 0 aromatic heterocycles. The summed E-state index contributed by atoms with van der Waals surface area (Å²) in [6.07, 6.45) is 1.65. The van der Waals surface area contributed by atoms with Crippen LogP contribution in [0.25, 0.3) is 0 Å². The first kappa shape index (κ1) is 18.0. The Morgan fingerprint density at radius 1 is 1.48 bits per heavy atom. The van der Waals surface area contributed by atoms with Gasteiger partial charge in [-0.1, -0.05) is 18.5 Å². The number of carbonyl (C=O) groups excluding carboxylic acids is 1. The molecule has 1 aromatic carbocycles. The number of nitrogens with zero attached hydrogens (tertiary/aromatic N) is 1. The molecule has 1 aliphatic heterocycles. The van der Waals surface area contributed by atoms with Crippen LogP contribution in [0, 0.1) is 11.7 Å². The van der Waals surface area contributed by atoms with Gasteiger partial charge in [-0.3, -0.25) is 0 Å². The molecule has 0 bridgehead atoms. The largest absolute Gasteiger partial charge is 0.390 e. The second-order valence-electron chi connectivity index (χ2n) is 6.10. The lowest BCUT2D eigenvalue weighted by molar-refractivity contribution is 0.0924. The Morgan fingerprint density at radius 2 is 2.17 bits per heavy atom. The molecule has 0 saturated carbocycles. The highest BCUT2D eigenvalue weighted by molar-refractivity contribution is 6.30. The van der Waals surface area contributed by atoms with Crippen LogP contribution in [0.4, 0.5) is 14.9 Å². The van der Waals surface area contributed by atoms with Crippen molar-refractivity contribution in [3.8, 4) is 0 Å². The molecule has 23 heavy (non-hydrogen) atoms. The van der Waals surface area contributed by atoms with Crippen molar-refractivity contribution in [2.75, 3.05) is 31.5 Å². The zero-order valence-electron chi connectivity index (χ0n) is 13.2. The van der Waals surface area contributed by atoms with Crippen LogP contribution < -0.4 is 10.6 Å². The van der Waals surface area contributed by atoms with E-state index in [-0.39, 0.29) is 11.6 Å². The molecule has 1 aliphatic rings. The Hall–Kier alpha value is -1.37. The topological polar surface area (TPSA) is 64.6 Å². The van der Waals surface area contributed by atoms with Crippen molar-refractivity contribution < 1.29 is 14.3 Å². The second kappa shape index (κ2) is 8.47. The number of hydrogen-bond acceptors (Lipinski definition) is 3. The van der Waals surface area contributed by atoms with Crippen molar-refractivity contribution in [3.05, 3.63) is 29.0 Å². The molecule has 1 atom stereocenters. The smallest absolute Gasteiger partial charge is 0.319 e. The van der Waals surface area contributed by atoms with Gasteiger partial charge in [0.05, 0.1) is 11.1 Å². The number of hydrogen-bond donors (Lipinski definition) is 3. The Bertz CT molecular complexity index is 536. The molecule has 1 unspecified atom stereocenters. The minimum Gasteiger partial charge on any atom is -0.390 e. The number of anilines is 1. The van der Waals surface area contributed by atoms with Crippen LogP contribution in [0.1, 0.15) is 19.8 Å². The van der Waals surface area contributed by atoms with Gasteiger partial charge in [0.2, 0.25) is 0 Å². The van der Waals surface area contributed by atoms with E-state index >= 15 is 0 Å². The zero-order chi connectivity index (χ0) is 16.8. The van der Waals surface area contributed by atoms with Crippen LogP contribution in [0.15, 0.2) is 18.2 Å². The van der Waals surface area contributed by atoms with E-state index in [2.05, 4.69) is 22.5 Å². The van der Waals surface area contributed by atoms with Gasteiger partial charge in [0.1, 0.15) is 5.82 Å². The van der Waals surface area contributed by atoms with Gasteiger partial charge >= 0.3 is 6.03 Å². The number of β-amino-alcohol motifs (C(OH)–C–C–N with tert-alkyl or cyclic N) is 1. The number of carbonyl (C=O) groups is 1. The molecule has 1 heterocycles. The van der Waals surface area contributed by atoms with Gasteiger partial charge in [-0.05, 0) is 50.0 Å². The highest BCUT2D eigenvalue weighted by atomic mass is 35.5. The molecular weight excluding hydrogens is 321 g/mol. The van der Waals surface area contributed by atoms with E-state index in [4.69, 9.17) is 11.6 Å². The fourth-order valence-corrected chi connectivity index (χ4v) is 2.68. The number of likely N-dealkylation sites (tertiary alicyclic amines) is 1. The Labute approximate surface area is 140 Å². The molecule has 2 rings (SSSR count). The van der Waals surface area contributed by atoms with Crippen LogP contribution in [0.5, 0.6) is 0 Å². The average molecular weight is 344 g/mol. The standard InChI is InChI=1S/C16H23ClFN3O2/c1-11-4-6-21(7-5-11)10-13(22)9-19-16(23)20-12-2-3-14(17)15(18)8-12/h2-3,8,11,13,22H,4-7,9-10H2,1H3,(H2,19,20,23). The van der Waals surface area contributed by atoms with E-state index in [1.54, 1.807) is 0 Å². The maximum atomic E-state index is 13.3. The molecule has 1 fully saturated rings. The molecular formula is C16H23ClFN3O2. The first-order valence-electron chi connectivity index (χ1n) is 7.84. The van der Waals surface area contributed by atoms with E-state index in [9.17, 15) is 14.3 Å². The minimum atomic E-state index is -0.629. The molecule has 1 saturated heterocycles. The molecule has 7 heteroatoms. The van der Waals surface area contributed by atoms with E-state index in [1.807, 2.05) is 0 Å². The van der Waals surface area contributed by atoms with Crippen LogP contribution in [-0.4, -0.2) is 48.3 Å². The van der Waals surface area contributed by atoms with Crippen molar-refractivity contribution in [2.45, 2.75) is 25.9 Å². The number of halogens is 2. The van der Waals surface area contributed by atoms with Crippen molar-refractivity contribution in [1.29, 1.82) is 0 Å². The number of nitrogens with one attached hydrogen (secondary N) is 2. The molecule has 3 N–H and O–H groups in total. The predicted molar refractivity (Wildman–Crippen MR) is 89.3 cm³/mol. The molecule has 5 nitrogen and oxygen atoms in total. The lowest BCUT2D eigenvalue weighted by atomic mass is 9.99. The number of urea groups is 1. The number of rotatable bonds is 5. The summed E-state index contributed by atoms with van der Waals surface area (Å²) in [4.78, 5) is 14.0. The van der Waals surface area contributed by atoms with Gasteiger partial charge in [0.25, 0.3) is 0 Å². The number of amides is 2. The van der Waals surface area contributed by atoms with E-state index in [0.717, 1.165) is 37.9 Å². The van der Waals surface area contributed by atoms with Gasteiger partial charge in [-0.15, -0.1) is 0 Å². The molecule has 2 amide bonds. The summed E-state index contributed by atoms with van der Waals surface area (Å²) < 4.78 is 13.3. The number of aliphatic hydroxyl groups is 1. The molecule has 0 radical (unpaired) electrons. The van der Waals surface area contributed by atoms with Crippen molar-refractivity contribution >= 4 is 23.3 Å². The van der Waals surface area contributed by atoms with Gasteiger partial charge < -0.3 is 20.6 Å². The lowest BCUT2D eigenvalue weighted by Crippen LogP contribution is -2.43. The third-order valence-electron chi connectivity index (χ3n) is 4.02. The Kier molecular flexibility index (Phi) is 6.62. The third-order valence-corrected chi connectivity index (χ3v) is 4.33. The summed E-state index contributed by atoms with van der Waals surface area (Å²) in [5, 5.41) is 15.1. The molecule has 0 aliphatic carbocycles.